The lowest BCUT2D eigenvalue weighted by atomic mass is 10.2. The number of aromatic nitrogens is 2. The van der Waals surface area contributed by atoms with Gasteiger partial charge in [0.2, 0.25) is 0 Å². The van der Waals surface area contributed by atoms with Crippen molar-refractivity contribution >= 4 is 15.7 Å². The second-order valence-corrected chi connectivity index (χ2v) is 8.73. The van der Waals surface area contributed by atoms with Gasteiger partial charge < -0.3 is 24.1 Å². The van der Waals surface area contributed by atoms with Crippen LogP contribution in [0.3, 0.4) is 0 Å². The SMILES string of the molecule is COc1ccc(S(=O)(=O)CCc2noc(C(=O)NCc3cc(OC)ccc3OC)n2)cc1. The van der Waals surface area contributed by atoms with E-state index in [1.165, 1.54) is 26.4 Å². The van der Waals surface area contributed by atoms with Crippen molar-refractivity contribution in [1.29, 1.82) is 0 Å². The number of ether oxygens (including phenoxy) is 3. The number of hydrogen-bond acceptors (Lipinski definition) is 9. The van der Waals surface area contributed by atoms with Gasteiger partial charge in [-0.25, -0.2) is 8.42 Å². The standard InChI is InChI=1S/C21H23N3O7S/c1-28-15-4-7-17(8-5-15)32(26,27)11-10-19-23-21(31-24-19)20(25)22-13-14-12-16(29-2)6-9-18(14)30-3/h4-9,12H,10-11,13H2,1-3H3,(H,22,25). The van der Waals surface area contributed by atoms with Crippen molar-refractivity contribution in [3.8, 4) is 17.2 Å². The number of aryl methyl sites for hydroxylation is 1. The number of nitrogens with one attached hydrogen (secondary N) is 1. The minimum atomic E-state index is -3.56. The van der Waals surface area contributed by atoms with Crippen molar-refractivity contribution in [2.45, 2.75) is 17.9 Å². The largest absolute Gasteiger partial charge is 0.497 e. The van der Waals surface area contributed by atoms with Gasteiger partial charge in [0.05, 0.1) is 32.0 Å². The molecule has 0 spiro atoms. The quantitative estimate of drug-likeness (QED) is 0.482. The molecule has 0 bridgehead atoms. The van der Waals surface area contributed by atoms with E-state index in [1.54, 1.807) is 37.4 Å². The van der Waals surface area contributed by atoms with Gasteiger partial charge in [0.15, 0.2) is 15.7 Å². The Balaban J connectivity index is 1.60. The number of rotatable bonds is 10. The van der Waals surface area contributed by atoms with Crippen molar-refractivity contribution in [2.75, 3.05) is 27.1 Å². The summed E-state index contributed by atoms with van der Waals surface area (Å²) in [7, 11) is 1.01. The Morgan fingerprint density at radius 2 is 1.69 bits per heavy atom. The first-order chi connectivity index (χ1) is 15.4. The molecule has 1 N–H and O–H groups in total. The summed E-state index contributed by atoms with van der Waals surface area (Å²) in [6.07, 6.45) is -0.00511. The number of sulfone groups is 1. The summed E-state index contributed by atoms with van der Waals surface area (Å²) >= 11 is 0. The van der Waals surface area contributed by atoms with E-state index in [4.69, 9.17) is 18.7 Å². The van der Waals surface area contributed by atoms with Crippen LogP contribution in [-0.2, 0) is 22.8 Å². The van der Waals surface area contributed by atoms with Gasteiger partial charge in [-0.1, -0.05) is 5.16 Å². The van der Waals surface area contributed by atoms with Gasteiger partial charge in [-0.05, 0) is 42.5 Å². The summed E-state index contributed by atoms with van der Waals surface area (Å²) in [6.45, 7) is 0.142. The number of nitrogens with zero attached hydrogens (tertiary/aromatic N) is 2. The van der Waals surface area contributed by atoms with Gasteiger partial charge in [-0.2, -0.15) is 4.98 Å². The molecule has 0 unspecified atom stereocenters. The van der Waals surface area contributed by atoms with E-state index in [0.29, 0.717) is 22.8 Å². The van der Waals surface area contributed by atoms with Gasteiger partial charge in [-0.15, -0.1) is 0 Å². The molecule has 170 valence electrons. The maximum absolute atomic E-state index is 12.5. The smallest absolute Gasteiger partial charge is 0.315 e. The Labute approximate surface area is 185 Å². The molecule has 0 fully saturated rings. The molecule has 0 atom stereocenters. The Morgan fingerprint density at radius 3 is 2.34 bits per heavy atom. The molecule has 32 heavy (non-hydrogen) atoms. The van der Waals surface area contributed by atoms with Crippen molar-refractivity contribution in [2.24, 2.45) is 0 Å². The van der Waals surface area contributed by atoms with Crippen molar-refractivity contribution < 1.29 is 31.9 Å². The van der Waals surface area contributed by atoms with Gasteiger partial charge in [0.1, 0.15) is 17.2 Å². The summed E-state index contributed by atoms with van der Waals surface area (Å²) in [5, 5.41) is 6.36. The first-order valence-corrected chi connectivity index (χ1v) is 11.2. The summed E-state index contributed by atoms with van der Waals surface area (Å²) in [5.74, 6) is 0.793. The number of carbonyl (C=O) groups excluding carboxylic acids is 1. The van der Waals surface area contributed by atoms with Crippen LogP contribution < -0.4 is 19.5 Å². The molecule has 3 rings (SSSR count). The number of amides is 1. The second kappa shape index (κ2) is 10.1. The Morgan fingerprint density at radius 1 is 1.00 bits per heavy atom. The van der Waals surface area contributed by atoms with E-state index in [9.17, 15) is 13.2 Å². The van der Waals surface area contributed by atoms with E-state index in [0.717, 1.165) is 0 Å². The lowest BCUT2D eigenvalue weighted by Crippen LogP contribution is -2.23. The van der Waals surface area contributed by atoms with Crippen LogP contribution in [0.5, 0.6) is 17.2 Å². The molecule has 0 radical (unpaired) electrons. The summed E-state index contributed by atoms with van der Waals surface area (Å²) in [4.78, 5) is 16.5. The van der Waals surface area contributed by atoms with Crippen LogP contribution in [0, 0.1) is 0 Å². The molecule has 1 amide bonds. The highest BCUT2D eigenvalue weighted by atomic mass is 32.2. The zero-order valence-electron chi connectivity index (χ0n) is 17.8. The molecule has 3 aromatic rings. The second-order valence-electron chi connectivity index (χ2n) is 6.62. The highest BCUT2D eigenvalue weighted by Crippen LogP contribution is 2.24. The molecule has 0 saturated carbocycles. The highest BCUT2D eigenvalue weighted by molar-refractivity contribution is 7.91. The van der Waals surface area contributed by atoms with E-state index in [-0.39, 0.29) is 35.3 Å². The number of benzene rings is 2. The average molecular weight is 461 g/mol. The molecule has 11 heteroatoms. The molecule has 0 aliphatic rings. The lowest BCUT2D eigenvalue weighted by Gasteiger charge is -2.10. The third-order valence-corrected chi connectivity index (χ3v) is 6.33. The molecule has 0 aliphatic heterocycles. The Hall–Kier alpha value is -3.60. The molecule has 1 heterocycles. The minimum absolute atomic E-state index is 0.00511. The van der Waals surface area contributed by atoms with Gasteiger partial charge in [0, 0.05) is 18.5 Å². The molecule has 2 aromatic carbocycles. The van der Waals surface area contributed by atoms with Gasteiger partial charge in [-0.3, -0.25) is 4.79 Å². The third kappa shape index (κ3) is 5.55. The van der Waals surface area contributed by atoms with Crippen molar-refractivity contribution in [3.05, 3.63) is 59.7 Å². The van der Waals surface area contributed by atoms with E-state index >= 15 is 0 Å². The van der Waals surface area contributed by atoms with Crippen LogP contribution >= 0.6 is 0 Å². The summed E-state index contributed by atoms with van der Waals surface area (Å²) in [6, 6.07) is 11.3. The fourth-order valence-corrected chi connectivity index (χ4v) is 4.08. The predicted octanol–water partition coefficient (Wildman–Crippen LogP) is 2.04. The van der Waals surface area contributed by atoms with E-state index < -0.39 is 15.7 Å². The van der Waals surface area contributed by atoms with Crippen LogP contribution in [0.4, 0.5) is 0 Å². The fraction of sp³-hybridized carbons (Fsp3) is 0.286. The number of hydrogen-bond donors (Lipinski definition) is 1. The Bertz CT molecular complexity index is 1170. The maximum atomic E-state index is 12.5. The molecular formula is C21H23N3O7S. The highest BCUT2D eigenvalue weighted by Gasteiger charge is 2.19. The number of carbonyl (C=O) groups is 1. The molecule has 0 aliphatic carbocycles. The predicted molar refractivity (Wildman–Crippen MR) is 114 cm³/mol. The van der Waals surface area contributed by atoms with Crippen LogP contribution in [0.2, 0.25) is 0 Å². The zero-order chi connectivity index (χ0) is 23.1. The third-order valence-electron chi connectivity index (χ3n) is 4.60. The minimum Gasteiger partial charge on any atom is -0.497 e. The Kier molecular flexibility index (Phi) is 7.31. The molecular weight excluding hydrogens is 438 g/mol. The van der Waals surface area contributed by atoms with Crippen molar-refractivity contribution in [3.63, 3.8) is 0 Å². The van der Waals surface area contributed by atoms with Crippen LogP contribution in [0.1, 0.15) is 22.1 Å². The van der Waals surface area contributed by atoms with Crippen LogP contribution in [0.25, 0.3) is 0 Å². The zero-order valence-corrected chi connectivity index (χ0v) is 18.6. The van der Waals surface area contributed by atoms with Gasteiger partial charge in [0.25, 0.3) is 0 Å². The lowest BCUT2D eigenvalue weighted by molar-refractivity contribution is 0.0906. The molecule has 10 nitrogen and oxygen atoms in total. The summed E-state index contributed by atoms with van der Waals surface area (Å²) in [5.41, 5.74) is 0.700. The molecule has 0 saturated heterocycles. The number of methoxy groups -OCH3 is 3. The van der Waals surface area contributed by atoms with Crippen LogP contribution in [0.15, 0.2) is 51.9 Å². The topological polar surface area (TPSA) is 130 Å². The fourth-order valence-electron chi connectivity index (χ4n) is 2.85. The van der Waals surface area contributed by atoms with Gasteiger partial charge >= 0.3 is 11.8 Å². The first kappa shape index (κ1) is 23.1. The van der Waals surface area contributed by atoms with Crippen LogP contribution in [-0.4, -0.2) is 51.5 Å². The molecule has 1 aromatic heterocycles. The monoisotopic (exact) mass is 461 g/mol. The van der Waals surface area contributed by atoms with E-state index in [2.05, 4.69) is 15.5 Å². The van der Waals surface area contributed by atoms with E-state index in [1.807, 2.05) is 0 Å². The normalized spacial score (nSPS) is 11.1. The summed E-state index contributed by atoms with van der Waals surface area (Å²) < 4.78 is 45.4. The average Bonchev–Trinajstić information content (AvgIpc) is 3.30. The maximum Gasteiger partial charge on any atom is 0.315 e. The first-order valence-electron chi connectivity index (χ1n) is 9.54. The van der Waals surface area contributed by atoms with Crippen molar-refractivity contribution in [1.82, 2.24) is 15.5 Å².